The number of rotatable bonds is 1. The Morgan fingerprint density at radius 3 is 3.06 bits per heavy atom. The van der Waals surface area contributed by atoms with Crippen molar-refractivity contribution in [3.63, 3.8) is 0 Å². The fourth-order valence-electron chi connectivity index (χ4n) is 2.30. The molecule has 4 rings (SSSR count). The maximum atomic E-state index is 5.44. The zero-order valence-corrected chi connectivity index (χ0v) is 10.5. The van der Waals surface area contributed by atoms with E-state index in [1.807, 2.05) is 6.07 Å². The third kappa shape index (κ3) is 1.53. The zero-order valence-electron chi connectivity index (χ0n) is 9.72. The second kappa shape index (κ2) is 3.85. The smallest absolute Gasteiger partial charge is 0.159 e. The fraction of sp³-hybridized carbons (Fsp3) is 0.143. The molecular formula is C14H12N2OS. The molecule has 2 aromatic carbocycles. The van der Waals surface area contributed by atoms with Crippen LogP contribution in [0.3, 0.4) is 0 Å². The van der Waals surface area contributed by atoms with Crippen molar-refractivity contribution >= 4 is 23.3 Å². The van der Waals surface area contributed by atoms with Gasteiger partial charge in [0, 0.05) is 4.90 Å². The summed E-state index contributed by atoms with van der Waals surface area (Å²) in [5.41, 5.74) is 3.70. The Balaban J connectivity index is 1.66. The fourth-order valence-corrected chi connectivity index (χ4v) is 3.35. The van der Waals surface area contributed by atoms with Crippen molar-refractivity contribution in [2.45, 2.75) is 11.4 Å². The average molecular weight is 256 g/mol. The molecule has 2 aromatic rings. The quantitative estimate of drug-likeness (QED) is 0.790. The molecule has 3 nitrogen and oxygen atoms in total. The molecule has 0 aliphatic carbocycles. The summed E-state index contributed by atoms with van der Waals surface area (Å²) >= 11 is 1.80. The maximum Gasteiger partial charge on any atom is 0.159 e. The molecule has 4 heteroatoms. The first-order valence-corrected chi connectivity index (χ1v) is 6.72. The molecule has 2 aliphatic rings. The molecule has 0 unspecified atom stereocenters. The average Bonchev–Trinajstić information content (AvgIpc) is 3.04. The van der Waals surface area contributed by atoms with E-state index in [1.165, 1.54) is 16.1 Å². The van der Waals surface area contributed by atoms with Crippen LogP contribution in [-0.2, 0) is 6.54 Å². The van der Waals surface area contributed by atoms with Crippen molar-refractivity contribution in [2.75, 3.05) is 16.4 Å². The number of fused-ring (bicyclic) bond motifs is 2. The molecule has 0 spiro atoms. The molecule has 1 N–H and O–H groups in total. The van der Waals surface area contributed by atoms with Gasteiger partial charge in [-0.15, -0.1) is 0 Å². The highest BCUT2D eigenvalue weighted by Gasteiger charge is 2.21. The van der Waals surface area contributed by atoms with E-state index in [0.29, 0.717) is 6.73 Å². The van der Waals surface area contributed by atoms with Gasteiger partial charge < -0.3 is 14.4 Å². The SMILES string of the molecule is c1ccc2c(c1)CN(c1ccc3c(c1)NCO3)S2. The van der Waals surface area contributed by atoms with Crippen LogP contribution in [0.25, 0.3) is 0 Å². The number of nitrogens with one attached hydrogen (secondary N) is 1. The number of nitrogens with zero attached hydrogens (tertiary/aromatic N) is 1. The van der Waals surface area contributed by atoms with Crippen LogP contribution in [0, 0.1) is 0 Å². The molecule has 0 saturated carbocycles. The molecule has 0 fully saturated rings. The Hall–Kier alpha value is -1.81. The van der Waals surface area contributed by atoms with Crippen LogP contribution in [0.15, 0.2) is 47.4 Å². The van der Waals surface area contributed by atoms with Crippen LogP contribution < -0.4 is 14.4 Å². The van der Waals surface area contributed by atoms with Gasteiger partial charge in [0.05, 0.1) is 17.9 Å². The summed E-state index contributed by atoms with van der Waals surface area (Å²) in [6, 6.07) is 14.9. The minimum absolute atomic E-state index is 0.576. The normalized spacial score (nSPS) is 15.9. The van der Waals surface area contributed by atoms with Gasteiger partial charge in [0.1, 0.15) is 5.75 Å². The van der Waals surface area contributed by atoms with Crippen molar-refractivity contribution in [3.05, 3.63) is 48.0 Å². The summed E-state index contributed by atoms with van der Waals surface area (Å²) in [5.74, 6) is 0.945. The third-order valence-electron chi connectivity index (χ3n) is 3.24. The highest BCUT2D eigenvalue weighted by Crippen LogP contribution is 2.42. The van der Waals surface area contributed by atoms with Gasteiger partial charge in [-0.1, -0.05) is 18.2 Å². The van der Waals surface area contributed by atoms with E-state index in [9.17, 15) is 0 Å². The molecule has 0 aromatic heterocycles. The van der Waals surface area contributed by atoms with Crippen molar-refractivity contribution in [1.82, 2.24) is 0 Å². The number of hydrogen-bond donors (Lipinski definition) is 1. The lowest BCUT2D eigenvalue weighted by Crippen LogP contribution is -2.07. The van der Waals surface area contributed by atoms with Crippen LogP contribution in [0.5, 0.6) is 5.75 Å². The first kappa shape index (κ1) is 10.1. The molecule has 2 heterocycles. The lowest BCUT2D eigenvalue weighted by molar-refractivity contribution is 0.372. The van der Waals surface area contributed by atoms with E-state index in [2.05, 4.69) is 46.0 Å². The first-order chi connectivity index (χ1) is 8.90. The van der Waals surface area contributed by atoms with Crippen LogP contribution in [0.1, 0.15) is 5.56 Å². The monoisotopic (exact) mass is 256 g/mol. The van der Waals surface area contributed by atoms with Crippen molar-refractivity contribution in [2.24, 2.45) is 0 Å². The molecular weight excluding hydrogens is 244 g/mol. The van der Waals surface area contributed by atoms with Crippen molar-refractivity contribution < 1.29 is 4.74 Å². The predicted octanol–water partition coefficient (Wildman–Crippen LogP) is 3.48. The van der Waals surface area contributed by atoms with E-state index in [-0.39, 0.29) is 0 Å². The van der Waals surface area contributed by atoms with Crippen LogP contribution >= 0.6 is 11.9 Å². The minimum atomic E-state index is 0.576. The standard InChI is InChI=1S/C14H12N2OS/c1-2-4-14-10(3-1)8-16(18-14)11-5-6-13-12(7-11)15-9-17-13/h1-7,15H,8-9H2. The van der Waals surface area contributed by atoms with Crippen LogP contribution in [0.4, 0.5) is 11.4 Å². The van der Waals surface area contributed by atoms with E-state index >= 15 is 0 Å². The number of anilines is 2. The number of ether oxygens (including phenoxy) is 1. The molecule has 0 atom stereocenters. The van der Waals surface area contributed by atoms with Crippen LogP contribution in [-0.4, -0.2) is 6.73 Å². The van der Waals surface area contributed by atoms with E-state index < -0.39 is 0 Å². The summed E-state index contributed by atoms with van der Waals surface area (Å²) in [6.07, 6.45) is 0. The van der Waals surface area contributed by atoms with E-state index in [0.717, 1.165) is 18.0 Å². The largest absolute Gasteiger partial charge is 0.471 e. The number of hydrogen-bond acceptors (Lipinski definition) is 4. The first-order valence-electron chi connectivity index (χ1n) is 5.94. The van der Waals surface area contributed by atoms with Gasteiger partial charge in [0.2, 0.25) is 0 Å². The Morgan fingerprint density at radius 2 is 2.11 bits per heavy atom. The highest BCUT2D eigenvalue weighted by atomic mass is 32.2. The van der Waals surface area contributed by atoms with E-state index in [4.69, 9.17) is 4.74 Å². The lowest BCUT2D eigenvalue weighted by Gasteiger charge is -2.16. The van der Waals surface area contributed by atoms with Gasteiger partial charge in [0.15, 0.2) is 6.73 Å². The second-order valence-corrected chi connectivity index (χ2v) is 5.44. The van der Waals surface area contributed by atoms with Gasteiger partial charge >= 0.3 is 0 Å². The second-order valence-electron chi connectivity index (χ2n) is 4.38. The van der Waals surface area contributed by atoms with Crippen LogP contribution in [0.2, 0.25) is 0 Å². The molecule has 0 saturated heterocycles. The highest BCUT2D eigenvalue weighted by molar-refractivity contribution is 8.01. The summed E-state index contributed by atoms with van der Waals surface area (Å²) in [6.45, 7) is 1.53. The van der Waals surface area contributed by atoms with Gasteiger partial charge in [0.25, 0.3) is 0 Å². The molecule has 18 heavy (non-hydrogen) atoms. The molecule has 0 amide bonds. The Morgan fingerprint density at radius 1 is 1.17 bits per heavy atom. The molecule has 0 radical (unpaired) electrons. The zero-order chi connectivity index (χ0) is 11.9. The Kier molecular flexibility index (Phi) is 2.17. The third-order valence-corrected chi connectivity index (χ3v) is 4.39. The summed E-state index contributed by atoms with van der Waals surface area (Å²) in [4.78, 5) is 1.35. The Bertz CT molecular complexity index is 589. The molecule has 0 bridgehead atoms. The summed E-state index contributed by atoms with van der Waals surface area (Å²) in [7, 11) is 0. The van der Waals surface area contributed by atoms with Gasteiger partial charge in [-0.05, 0) is 41.8 Å². The lowest BCUT2D eigenvalue weighted by atomic mass is 10.2. The van der Waals surface area contributed by atoms with Crippen molar-refractivity contribution in [1.29, 1.82) is 0 Å². The summed E-state index contributed by atoms with van der Waals surface area (Å²) in [5, 5.41) is 3.23. The Labute approximate surface area is 110 Å². The van der Waals surface area contributed by atoms with Gasteiger partial charge in [-0.2, -0.15) is 0 Å². The number of benzene rings is 2. The molecule has 2 aliphatic heterocycles. The minimum Gasteiger partial charge on any atom is -0.471 e. The topological polar surface area (TPSA) is 24.5 Å². The van der Waals surface area contributed by atoms with E-state index in [1.54, 1.807) is 11.9 Å². The maximum absolute atomic E-state index is 5.44. The molecule has 90 valence electrons. The van der Waals surface area contributed by atoms with Gasteiger partial charge in [-0.3, -0.25) is 0 Å². The summed E-state index contributed by atoms with van der Waals surface area (Å²) < 4.78 is 7.75. The van der Waals surface area contributed by atoms with Crippen molar-refractivity contribution in [3.8, 4) is 5.75 Å². The van der Waals surface area contributed by atoms with Gasteiger partial charge in [-0.25, -0.2) is 0 Å². The predicted molar refractivity (Wildman–Crippen MR) is 74.0 cm³/mol.